The van der Waals surface area contributed by atoms with Crippen LogP contribution in [0, 0.1) is 6.92 Å². The minimum absolute atomic E-state index is 0.0804. The van der Waals surface area contributed by atoms with E-state index in [4.69, 9.17) is 0 Å². The number of benzene rings is 2. The van der Waals surface area contributed by atoms with E-state index in [-0.39, 0.29) is 18.1 Å². The molecule has 0 radical (unpaired) electrons. The Bertz CT molecular complexity index is 849. The van der Waals surface area contributed by atoms with Crippen LogP contribution >= 0.6 is 0 Å². The number of amides is 1. The average molecular weight is 294 g/mol. The summed E-state index contributed by atoms with van der Waals surface area (Å²) in [6, 6.07) is 13.1. The van der Waals surface area contributed by atoms with E-state index in [0.29, 0.717) is 5.69 Å². The molecule has 3 aromatic rings. The molecule has 0 fully saturated rings. The van der Waals surface area contributed by atoms with Crippen molar-refractivity contribution >= 4 is 22.5 Å². The Morgan fingerprint density at radius 1 is 1.23 bits per heavy atom. The van der Waals surface area contributed by atoms with Gasteiger partial charge in [-0.25, -0.2) is 0 Å². The molecule has 112 valence electrons. The van der Waals surface area contributed by atoms with Crippen LogP contribution < -0.4 is 5.32 Å². The molecule has 2 aromatic carbocycles. The predicted octanol–water partition coefficient (Wildman–Crippen LogP) is 3.37. The molecule has 0 aliphatic heterocycles. The lowest BCUT2D eigenvalue weighted by Crippen LogP contribution is -2.14. The summed E-state index contributed by atoms with van der Waals surface area (Å²) in [7, 11) is 1.97. The lowest BCUT2D eigenvalue weighted by Gasteiger charge is -2.08. The number of aryl methyl sites for hydroxylation is 2. The third kappa shape index (κ3) is 2.68. The molecule has 2 N–H and O–H groups in total. The van der Waals surface area contributed by atoms with E-state index in [2.05, 4.69) is 5.32 Å². The molecule has 4 heteroatoms. The summed E-state index contributed by atoms with van der Waals surface area (Å²) in [5.74, 6) is -0.0610. The second kappa shape index (κ2) is 5.56. The van der Waals surface area contributed by atoms with Gasteiger partial charge in [0.15, 0.2) is 0 Å². The Kier molecular flexibility index (Phi) is 3.59. The SMILES string of the molecule is Cc1ccc(O)c(NC(=O)Cc2cn(C)c3ccccc23)c1. The van der Waals surface area contributed by atoms with Gasteiger partial charge in [-0.3, -0.25) is 4.79 Å². The molecule has 0 saturated heterocycles. The van der Waals surface area contributed by atoms with Crippen LogP contribution in [0.4, 0.5) is 5.69 Å². The van der Waals surface area contributed by atoms with Gasteiger partial charge in [-0.05, 0) is 36.2 Å². The zero-order valence-corrected chi connectivity index (χ0v) is 12.6. The molecular formula is C18H18N2O2. The van der Waals surface area contributed by atoms with E-state index in [1.165, 1.54) is 0 Å². The summed E-state index contributed by atoms with van der Waals surface area (Å²) in [5, 5.41) is 13.7. The van der Waals surface area contributed by atoms with E-state index >= 15 is 0 Å². The number of rotatable bonds is 3. The van der Waals surface area contributed by atoms with Crippen molar-refractivity contribution < 1.29 is 9.90 Å². The largest absolute Gasteiger partial charge is 0.506 e. The van der Waals surface area contributed by atoms with Gasteiger partial charge in [0.25, 0.3) is 0 Å². The number of anilines is 1. The topological polar surface area (TPSA) is 54.3 Å². The molecule has 0 unspecified atom stereocenters. The number of aromatic nitrogens is 1. The zero-order valence-electron chi connectivity index (χ0n) is 12.6. The molecule has 0 spiro atoms. The number of nitrogens with one attached hydrogen (secondary N) is 1. The van der Waals surface area contributed by atoms with Gasteiger partial charge in [0.1, 0.15) is 5.75 Å². The smallest absolute Gasteiger partial charge is 0.228 e. The second-order valence-electron chi connectivity index (χ2n) is 5.53. The van der Waals surface area contributed by atoms with E-state index < -0.39 is 0 Å². The van der Waals surface area contributed by atoms with Crippen molar-refractivity contribution in [3.05, 3.63) is 59.8 Å². The van der Waals surface area contributed by atoms with Gasteiger partial charge in [0.2, 0.25) is 5.91 Å². The van der Waals surface area contributed by atoms with Crippen molar-refractivity contribution in [3.63, 3.8) is 0 Å². The minimum Gasteiger partial charge on any atom is -0.506 e. The highest BCUT2D eigenvalue weighted by atomic mass is 16.3. The third-order valence-corrected chi connectivity index (χ3v) is 3.76. The van der Waals surface area contributed by atoms with E-state index in [9.17, 15) is 9.90 Å². The number of phenols is 1. The number of para-hydroxylation sites is 1. The fourth-order valence-electron chi connectivity index (χ4n) is 2.68. The van der Waals surface area contributed by atoms with Gasteiger partial charge < -0.3 is 15.0 Å². The van der Waals surface area contributed by atoms with E-state index in [1.807, 2.05) is 49.0 Å². The van der Waals surface area contributed by atoms with Gasteiger partial charge in [0.05, 0.1) is 12.1 Å². The number of hydrogen-bond donors (Lipinski definition) is 2. The van der Waals surface area contributed by atoms with Gasteiger partial charge in [-0.15, -0.1) is 0 Å². The first kappa shape index (κ1) is 14.2. The van der Waals surface area contributed by atoms with Crippen LogP contribution in [0.1, 0.15) is 11.1 Å². The lowest BCUT2D eigenvalue weighted by atomic mass is 10.1. The Hall–Kier alpha value is -2.75. The molecule has 1 amide bonds. The molecule has 0 bridgehead atoms. The number of aromatic hydroxyl groups is 1. The van der Waals surface area contributed by atoms with Gasteiger partial charge in [-0.2, -0.15) is 0 Å². The number of carbonyl (C=O) groups excluding carboxylic acids is 1. The third-order valence-electron chi connectivity index (χ3n) is 3.76. The Labute approximate surface area is 129 Å². The summed E-state index contributed by atoms with van der Waals surface area (Å²) in [5.41, 5.74) is 3.51. The van der Waals surface area contributed by atoms with Crippen molar-refractivity contribution in [2.75, 3.05) is 5.32 Å². The number of phenolic OH excluding ortho intramolecular Hbond substituents is 1. The monoisotopic (exact) mass is 294 g/mol. The number of nitrogens with zero attached hydrogens (tertiary/aromatic N) is 1. The molecule has 4 nitrogen and oxygen atoms in total. The van der Waals surface area contributed by atoms with Crippen LogP contribution in [0.2, 0.25) is 0 Å². The highest BCUT2D eigenvalue weighted by Crippen LogP contribution is 2.25. The number of hydrogen-bond acceptors (Lipinski definition) is 2. The molecule has 3 rings (SSSR count). The van der Waals surface area contributed by atoms with Gasteiger partial charge in [-0.1, -0.05) is 24.3 Å². The molecule has 0 aliphatic carbocycles. The minimum atomic E-state index is -0.141. The van der Waals surface area contributed by atoms with Crippen LogP contribution in [-0.2, 0) is 18.3 Å². The maximum absolute atomic E-state index is 12.3. The molecule has 0 saturated carbocycles. The lowest BCUT2D eigenvalue weighted by molar-refractivity contribution is -0.115. The van der Waals surface area contributed by atoms with E-state index in [1.54, 1.807) is 18.2 Å². The van der Waals surface area contributed by atoms with Crippen LogP contribution in [0.25, 0.3) is 10.9 Å². The summed E-state index contributed by atoms with van der Waals surface area (Å²) in [4.78, 5) is 12.3. The van der Waals surface area contributed by atoms with Crippen LogP contribution in [0.15, 0.2) is 48.7 Å². The molecule has 1 aromatic heterocycles. The first-order valence-electron chi connectivity index (χ1n) is 7.17. The number of fused-ring (bicyclic) bond motifs is 1. The number of carbonyl (C=O) groups is 1. The van der Waals surface area contributed by atoms with E-state index in [0.717, 1.165) is 22.0 Å². The van der Waals surface area contributed by atoms with Crippen LogP contribution in [0.5, 0.6) is 5.75 Å². The fraction of sp³-hybridized carbons (Fsp3) is 0.167. The van der Waals surface area contributed by atoms with Crippen molar-refractivity contribution in [1.82, 2.24) is 4.57 Å². The first-order chi connectivity index (χ1) is 10.5. The molecule has 1 heterocycles. The Balaban J connectivity index is 1.83. The van der Waals surface area contributed by atoms with Gasteiger partial charge >= 0.3 is 0 Å². The average Bonchev–Trinajstić information content (AvgIpc) is 2.80. The first-order valence-corrected chi connectivity index (χ1v) is 7.17. The Morgan fingerprint density at radius 3 is 2.82 bits per heavy atom. The summed E-state index contributed by atoms with van der Waals surface area (Å²) < 4.78 is 2.02. The van der Waals surface area contributed by atoms with Crippen molar-refractivity contribution in [3.8, 4) is 5.75 Å². The predicted molar refractivity (Wildman–Crippen MR) is 88.1 cm³/mol. The van der Waals surface area contributed by atoms with Crippen molar-refractivity contribution in [1.29, 1.82) is 0 Å². The molecule has 0 aliphatic rings. The maximum atomic E-state index is 12.3. The highest BCUT2D eigenvalue weighted by molar-refractivity contribution is 5.96. The van der Waals surface area contributed by atoms with Gasteiger partial charge in [0, 0.05) is 24.1 Å². The normalized spacial score (nSPS) is 10.8. The molecular weight excluding hydrogens is 276 g/mol. The maximum Gasteiger partial charge on any atom is 0.228 e. The molecule has 22 heavy (non-hydrogen) atoms. The summed E-state index contributed by atoms with van der Waals surface area (Å²) in [6.07, 6.45) is 2.25. The van der Waals surface area contributed by atoms with Crippen LogP contribution in [0.3, 0.4) is 0 Å². The summed E-state index contributed by atoms with van der Waals surface area (Å²) >= 11 is 0. The van der Waals surface area contributed by atoms with Crippen LogP contribution in [-0.4, -0.2) is 15.6 Å². The summed E-state index contributed by atoms with van der Waals surface area (Å²) in [6.45, 7) is 1.92. The second-order valence-corrected chi connectivity index (χ2v) is 5.53. The standard InChI is InChI=1S/C18H18N2O2/c1-12-7-8-17(21)15(9-12)19-18(22)10-13-11-20(2)16-6-4-3-5-14(13)16/h3-9,11,21H,10H2,1-2H3,(H,19,22). The Morgan fingerprint density at radius 2 is 2.00 bits per heavy atom. The van der Waals surface area contributed by atoms with Crippen molar-refractivity contribution in [2.45, 2.75) is 13.3 Å². The van der Waals surface area contributed by atoms with Crippen molar-refractivity contribution in [2.24, 2.45) is 7.05 Å². The highest BCUT2D eigenvalue weighted by Gasteiger charge is 2.12. The fourth-order valence-corrected chi connectivity index (χ4v) is 2.68. The quantitative estimate of drug-likeness (QED) is 0.728. The zero-order chi connectivity index (χ0) is 15.7. The molecule has 0 atom stereocenters.